The Balaban J connectivity index is 1.62. The molecule has 0 unspecified atom stereocenters. The molecule has 3 aromatic rings. The molecule has 0 fully saturated rings. The van der Waals surface area contributed by atoms with E-state index < -0.39 is 0 Å². The largest absolute Gasteiger partial charge is 0.504 e. The van der Waals surface area contributed by atoms with Crippen molar-refractivity contribution in [2.75, 3.05) is 7.11 Å². The van der Waals surface area contributed by atoms with Crippen LogP contribution < -0.4 is 15.7 Å². The highest BCUT2D eigenvalue weighted by atomic mass is 79.9. The molecule has 3 rings (SSSR count). The minimum absolute atomic E-state index is 0.0412. The van der Waals surface area contributed by atoms with Gasteiger partial charge in [-0.3, -0.25) is 9.59 Å². The number of para-hydroxylation sites is 2. The van der Waals surface area contributed by atoms with Gasteiger partial charge in [-0.15, -0.1) is 0 Å². The number of benzene rings is 2. The standard InChI is InChI=1S/C19H17BrN4O4/c1-28-16-9-12(20)8-11(18(16)26)10-21-24-17(25)7-6-15-19(27)23-14-5-3-2-4-13(14)22-15/h2-5,8-10,26H,6-7H2,1H3,(H,23,27)(H,24,25)/b21-10-. The summed E-state index contributed by atoms with van der Waals surface area (Å²) in [6.45, 7) is 0. The van der Waals surface area contributed by atoms with E-state index in [9.17, 15) is 14.7 Å². The number of phenols is 1. The number of nitrogens with one attached hydrogen (secondary N) is 2. The summed E-state index contributed by atoms with van der Waals surface area (Å²) in [7, 11) is 1.44. The Labute approximate surface area is 168 Å². The fraction of sp³-hybridized carbons (Fsp3) is 0.158. The van der Waals surface area contributed by atoms with Crippen molar-refractivity contribution in [1.29, 1.82) is 0 Å². The number of carbonyl (C=O) groups is 1. The van der Waals surface area contributed by atoms with E-state index in [0.29, 0.717) is 21.1 Å². The van der Waals surface area contributed by atoms with E-state index in [1.807, 2.05) is 12.1 Å². The number of nitrogens with zero attached hydrogens (tertiary/aromatic N) is 2. The van der Waals surface area contributed by atoms with Gasteiger partial charge in [0.2, 0.25) is 5.91 Å². The number of amides is 1. The third kappa shape index (κ3) is 4.55. The average Bonchev–Trinajstić information content (AvgIpc) is 2.68. The summed E-state index contributed by atoms with van der Waals surface area (Å²) in [6, 6.07) is 10.4. The predicted octanol–water partition coefficient (Wildman–Crippen LogP) is 2.48. The van der Waals surface area contributed by atoms with E-state index in [0.717, 1.165) is 0 Å². The number of fused-ring (bicyclic) bond motifs is 1. The molecule has 0 atom stereocenters. The molecule has 1 aromatic heterocycles. The minimum atomic E-state index is -0.382. The molecule has 0 radical (unpaired) electrons. The van der Waals surface area contributed by atoms with Gasteiger partial charge in [0, 0.05) is 22.9 Å². The predicted molar refractivity (Wildman–Crippen MR) is 109 cm³/mol. The highest BCUT2D eigenvalue weighted by Gasteiger charge is 2.10. The van der Waals surface area contributed by atoms with E-state index in [2.05, 4.69) is 36.4 Å². The van der Waals surface area contributed by atoms with Crippen LogP contribution in [0.5, 0.6) is 11.5 Å². The van der Waals surface area contributed by atoms with Gasteiger partial charge in [0.15, 0.2) is 11.5 Å². The number of halogens is 1. The Kier molecular flexibility index (Phi) is 6.05. The van der Waals surface area contributed by atoms with Crippen LogP contribution in [0.2, 0.25) is 0 Å². The lowest BCUT2D eigenvalue weighted by molar-refractivity contribution is -0.121. The molecule has 1 amide bonds. The number of methoxy groups -OCH3 is 1. The van der Waals surface area contributed by atoms with Crippen molar-refractivity contribution < 1.29 is 14.6 Å². The molecule has 1 heterocycles. The van der Waals surface area contributed by atoms with Crippen LogP contribution >= 0.6 is 15.9 Å². The molecular weight excluding hydrogens is 428 g/mol. The van der Waals surface area contributed by atoms with Crippen LogP contribution in [0.15, 0.2) is 50.8 Å². The fourth-order valence-corrected chi connectivity index (χ4v) is 3.00. The van der Waals surface area contributed by atoms with Gasteiger partial charge in [0.1, 0.15) is 5.69 Å². The summed E-state index contributed by atoms with van der Waals surface area (Å²) >= 11 is 3.30. The molecule has 144 valence electrons. The number of hydrogen-bond acceptors (Lipinski definition) is 6. The number of aryl methyl sites for hydroxylation is 1. The second-order valence-electron chi connectivity index (χ2n) is 5.87. The molecule has 8 nitrogen and oxygen atoms in total. The van der Waals surface area contributed by atoms with Gasteiger partial charge < -0.3 is 14.8 Å². The van der Waals surface area contributed by atoms with E-state index in [1.165, 1.54) is 13.3 Å². The summed E-state index contributed by atoms with van der Waals surface area (Å²) in [6.07, 6.45) is 1.53. The van der Waals surface area contributed by atoms with Gasteiger partial charge in [-0.1, -0.05) is 28.1 Å². The molecule has 0 aliphatic heterocycles. The Hall–Kier alpha value is -3.20. The highest BCUT2D eigenvalue weighted by molar-refractivity contribution is 9.10. The zero-order valence-corrected chi connectivity index (χ0v) is 16.5. The molecule has 3 N–H and O–H groups in total. The van der Waals surface area contributed by atoms with Gasteiger partial charge in [-0.05, 0) is 24.3 Å². The quantitative estimate of drug-likeness (QED) is 0.398. The topological polar surface area (TPSA) is 117 Å². The second-order valence-corrected chi connectivity index (χ2v) is 6.78. The van der Waals surface area contributed by atoms with Crippen LogP contribution in [0.1, 0.15) is 17.7 Å². The van der Waals surface area contributed by atoms with Gasteiger partial charge >= 0.3 is 0 Å². The van der Waals surface area contributed by atoms with E-state index in [1.54, 1.807) is 24.3 Å². The molecular formula is C19H17BrN4O4. The van der Waals surface area contributed by atoms with Gasteiger partial charge in [0.25, 0.3) is 5.56 Å². The molecule has 0 aliphatic carbocycles. The first-order valence-electron chi connectivity index (χ1n) is 8.34. The molecule has 0 saturated carbocycles. The summed E-state index contributed by atoms with van der Waals surface area (Å²) in [5.41, 5.74) is 4.02. The number of hydrogen-bond donors (Lipinski definition) is 3. The summed E-state index contributed by atoms with van der Waals surface area (Å²) in [5, 5.41) is 13.9. The lowest BCUT2D eigenvalue weighted by atomic mass is 10.2. The van der Waals surface area contributed by atoms with Crippen molar-refractivity contribution in [1.82, 2.24) is 15.4 Å². The van der Waals surface area contributed by atoms with Crippen LogP contribution in [-0.4, -0.2) is 34.3 Å². The van der Waals surface area contributed by atoms with Gasteiger partial charge in [-0.2, -0.15) is 5.10 Å². The number of rotatable bonds is 6. The zero-order valence-electron chi connectivity index (χ0n) is 14.9. The van der Waals surface area contributed by atoms with E-state index in [-0.39, 0.29) is 41.5 Å². The molecule has 28 heavy (non-hydrogen) atoms. The summed E-state index contributed by atoms with van der Waals surface area (Å²) in [5.74, 6) is -0.189. The lowest BCUT2D eigenvalue weighted by Crippen LogP contribution is -2.21. The number of hydrazone groups is 1. The third-order valence-corrected chi connectivity index (χ3v) is 4.40. The van der Waals surface area contributed by atoms with Crippen LogP contribution in [0.4, 0.5) is 0 Å². The number of carbonyl (C=O) groups excluding carboxylic acids is 1. The minimum Gasteiger partial charge on any atom is -0.504 e. The summed E-state index contributed by atoms with van der Waals surface area (Å²) < 4.78 is 5.75. The lowest BCUT2D eigenvalue weighted by Gasteiger charge is -2.06. The molecule has 0 saturated heterocycles. The molecule has 2 aromatic carbocycles. The van der Waals surface area contributed by atoms with Crippen molar-refractivity contribution in [3.63, 3.8) is 0 Å². The average molecular weight is 445 g/mol. The number of aromatic hydroxyl groups is 1. The third-order valence-electron chi connectivity index (χ3n) is 3.94. The first-order valence-corrected chi connectivity index (χ1v) is 9.13. The second kappa shape index (κ2) is 8.66. The first kappa shape index (κ1) is 19.6. The number of aromatic nitrogens is 2. The first-order chi connectivity index (χ1) is 13.5. The highest BCUT2D eigenvalue weighted by Crippen LogP contribution is 2.32. The Morgan fingerprint density at radius 1 is 1.39 bits per heavy atom. The monoisotopic (exact) mass is 444 g/mol. The van der Waals surface area contributed by atoms with E-state index >= 15 is 0 Å². The van der Waals surface area contributed by atoms with Crippen molar-refractivity contribution in [2.45, 2.75) is 12.8 Å². The number of ether oxygens (including phenoxy) is 1. The van der Waals surface area contributed by atoms with Crippen molar-refractivity contribution in [3.05, 3.63) is 62.5 Å². The molecule has 9 heteroatoms. The number of aromatic amines is 1. The SMILES string of the molecule is COc1cc(Br)cc(/C=N\NC(=O)CCc2nc3ccccc3[nH]c2=O)c1O. The van der Waals surface area contributed by atoms with Crippen molar-refractivity contribution >= 4 is 39.1 Å². The van der Waals surface area contributed by atoms with E-state index in [4.69, 9.17) is 4.74 Å². The van der Waals surface area contributed by atoms with Crippen LogP contribution in [0.3, 0.4) is 0 Å². The number of phenolic OH excluding ortho intramolecular Hbond substituents is 1. The Morgan fingerprint density at radius 2 is 2.18 bits per heavy atom. The smallest absolute Gasteiger partial charge is 0.270 e. The zero-order chi connectivity index (χ0) is 20.1. The van der Waals surface area contributed by atoms with Crippen LogP contribution in [0, 0.1) is 0 Å². The maximum Gasteiger partial charge on any atom is 0.270 e. The molecule has 0 aliphatic rings. The normalized spacial score (nSPS) is 11.1. The van der Waals surface area contributed by atoms with Crippen LogP contribution in [0.25, 0.3) is 11.0 Å². The van der Waals surface area contributed by atoms with Gasteiger partial charge in [0.05, 0.1) is 24.4 Å². The molecule has 0 spiro atoms. The summed E-state index contributed by atoms with van der Waals surface area (Å²) in [4.78, 5) is 31.1. The maximum absolute atomic E-state index is 12.1. The van der Waals surface area contributed by atoms with Gasteiger partial charge in [-0.25, -0.2) is 10.4 Å². The van der Waals surface area contributed by atoms with Crippen LogP contribution in [-0.2, 0) is 11.2 Å². The Bertz CT molecular complexity index is 1110. The van der Waals surface area contributed by atoms with Crippen molar-refractivity contribution in [3.8, 4) is 11.5 Å². The maximum atomic E-state index is 12.1. The van der Waals surface area contributed by atoms with Crippen molar-refractivity contribution in [2.24, 2.45) is 5.10 Å². The molecule has 0 bridgehead atoms. The fourth-order valence-electron chi connectivity index (χ4n) is 2.55. The Morgan fingerprint density at radius 3 is 2.96 bits per heavy atom. The number of H-pyrrole nitrogens is 1.